The Bertz CT molecular complexity index is 1050. The summed E-state index contributed by atoms with van der Waals surface area (Å²) in [6.07, 6.45) is 6.76. The SMILES string of the molecule is CCOc1ccc(-c2nc3ccc(N)cn3c2CN2CCCCCC2)cc1[N+](=O)[O-]. The second-order valence-corrected chi connectivity index (χ2v) is 7.66. The van der Waals surface area contributed by atoms with E-state index in [1.165, 1.54) is 25.7 Å². The number of nitrogens with zero attached hydrogens (tertiary/aromatic N) is 4. The minimum atomic E-state index is -0.406. The van der Waals surface area contributed by atoms with Crippen LogP contribution in [0.2, 0.25) is 0 Å². The summed E-state index contributed by atoms with van der Waals surface area (Å²) in [5, 5.41) is 11.6. The molecule has 1 fully saturated rings. The molecule has 4 rings (SSSR count). The van der Waals surface area contributed by atoms with Gasteiger partial charge in [-0.25, -0.2) is 4.98 Å². The number of nitrogens with two attached hydrogens (primary N) is 1. The molecular formula is C22H27N5O3. The number of imidazole rings is 1. The fraction of sp³-hybridized carbons (Fsp3) is 0.409. The largest absolute Gasteiger partial charge is 0.487 e. The molecule has 0 spiro atoms. The van der Waals surface area contributed by atoms with Crippen LogP contribution in [0, 0.1) is 10.1 Å². The van der Waals surface area contributed by atoms with Crippen molar-refractivity contribution in [3.8, 4) is 17.0 Å². The van der Waals surface area contributed by atoms with Gasteiger partial charge in [0.15, 0.2) is 5.75 Å². The van der Waals surface area contributed by atoms with Crippen molar-refractivity contribution in [3.63, 3.8) is 0 Å². The highest BCUT2D eigenvalue weighted by molar-refractivity contribution is 5.71. The van der Waals surface area contributed by atoms with Gasteiger partial charge in [0.2, 0.25) is 0 Å². The predicted octanol–water partition coefficient (Wildman–Crippen LogP) is 4.27. The van der Waals surface area contributed by atoms with Crippen molar-refractivity contribution in [2.45, 2.75) is 39.2 Å². The minimum absolute atomic E-state index is 0.0494. The molecule has 158 valence electrons. The molecule has 3 heterocycles. The molecule has 3 aromatic rings. The number of hydrogen-bond acceptors (Lipinski definition) is 6. The Balaban J connectivity index is 1.81. The Hall–Kier alpha value is -3.13. The van der Waals surface area contributed by atoms with E-state index in [0.717, 1.165) is 36.7 Å². The van der Waals surface area contributed by atoms with Crippen LogP contribution in [0.15, 0.2) is 36.5 Å². The van der Waals surface area contributed by atoms with Gasteiger partial charge in [0.05, 0.1) is 22.9 Å². The second-order valence-electron chi connectivity index (χ2n) is 7.66. The molecule has 0 saturated carbocycles. The fourth-order valence-electron chi connectivity index (χ4n) is 4.08. The van der Waals surface area contributed by atoms with Gasteiger partial charge in [0.25, 0.3) is 0 Å². The van der Waals surface area contributed by atoms with Crippen LogP contribution in [-0.4, -0.2) is 38.9 Å². The number of benzene rings is 1. The van der Waals surface area contributed by atoms with Crippen molar-refractivity contribution in [2.75, 3.05) is 25.4 Å². The van der Waals surface area contributed by atoms with Crippen molar-refractivity contribution in [3.05, 3.63) is 52.3 Å². The maximum absolute atomic E-state index is 11.6. The van der Waals surface area contributed by atoms with Gasteiger partial charge in [-0.3, -0.25) is 15.0 Å². The monoisotopic (exact) mass is 409 g/mol. The summed E-state index contributed by atoms with van der Waals surface area (Å²) in [4.78, 5) is 18.4. The lowest BCUT2D eigenvalue weighted by Gasteiger charge is -2.20. The predicted molar refractivity (Wildman–Crippen MR) is 117 cm³/mol. The lowest BCUT2D eigenvalue weighted by atomic mass is 10.1. The first-order valence-electron chi connectivity index (χ1n) is 10.5. The van der Waals surface area contributed by atoms with E-state index in [1.807, 2.05) is 35.7 Å². The van der Waals surface area contributed by atoms with Crippen molar-refractivity contribution in [1.29, 1.82) is 0 Å². The van der Waals surface area contributed by atoms with E-state index < -0.39 is 4.92 Å². The number of aromatic nitrogens is 2. The third-order valence-corrected chi connectivity index (χ3v) is 5.54. The highest BCUT2D eigenvalue weighted by Gasteiger charge is 2.22. The lowest BCUT2D eigenvalue weighted by Crippen LogP contribution is -2.25. The van der Waals surface area contributed by atoms with E-state index in [2.05, 4.69) is 4.90 Å². The molecule has 0 radical (unpaired) electrons. The van der Waals surface area contributed by atoms with Gasteiger partial charge < -0.3 is 14.9 Å². The summed E-state index contributed by atoms with van der Waals surface area (Å²) >= 11 is 0. The normalized spacial score (nSPS) is 15.2. The number of likely N-dealkylation sites (tertiary alicyclic amines) is 1. The lowest BCUT2D eigenvalue weighted by molar-refractivity contribution is -0.385. The van der Waals surface area contributed by atoms with E-state index in [4.69, 9.17) is 15.5 Å². The Kier molecular flexibility index (Phi) is 5.85. The summed E-state index contributed by atoms with van der Waals surface area (Å²) in [5.41, 5.74) is 9.88. The van der Waals surface area contributed by atoms with Gasteiger partial charge in [-0.15, -0.1) is 0 Å². The smallest absolute Gasteiger partial charge is 0.311 e. The van der Waals surface area contributed by atoms with Crippen LogP contribution < -0.4 is 10.5 Å². The first-order valence-corrected chi connectivity index (χ1v) is 10.5. The molecule has 1 saturated heterocycles. The van der Waals surface area contributed by atoms with Crippen molar-refractivity contribution < 1.29 is 9.66 Å². The van der Waals surface area contributed by atoms with Gasteiger partial charge in [0, 0.05) is 30.1 Å². The molecule has 2 N–H and O–H groups in total. The number of anilines is 1. The van der Waals surface area contributed by atoms with Crippen LogP contribution >= 0.6 is 0 Å². The van der Waals surface area contributed by atoms with Crippen molar-refractivity contribution >= 4 is 17.0 Å². The minimum Gasteiger partial charge on any atom is -0.487 e. The number of nitrogen functional groups attached to an aromatic ring is 1. The zero-order valence-corrected chi connectivity index (χ0v) is 17.2. The molecule has 1 aliphatic heterocycles. The Labute approximate surface area is 175 Å². The molecule has 0 atom stereocenters. The topological polar surface area (TPSA) is 98.9 Å². The third kappa shape index (κ3) is 4.09. The average Bonchev–Trinajstić information content (AvgIpc) is 2.89. The summed E-state index contributed by atoms with van der Waals surface area (Å²) in [6, 6.07) is 8.76. The molecule has 0 unspecified atom stereocenters. The summed E-state index contributed by atoms with van der Waals surface area (Å²) in [5.74, 6) is 0.272. The Morgan fingerprint density at radius 1 is 1.17 bits per heavy atom. The molecule has 1 aliphatic rings. The molecule has 8 nitrogen and oxygen atoms in total. The summed E-state index contributed by atoms with van der Waals surface area (Å²) in [7, 11) is 0. The van der Waals surface area contributed by atoms with Gasteiger partial charge in [-0.05, 0) is 57.1 Å². The number of nitro groups is 1. The highest BCUT2D eigenvalue weighted by atomic mass is 16.6. The van der Waals surface area contributed by atoms with Crippen LogP contribution in [0.25, 0.3) is 16.9 Å². The number of rotatable bonds is 6. The molecule has 0 bridgehead atoms. The standard InChI is InChI=1S/C22H27N5O3/c1-2-30-20-9-7-16(13-18(20)27(28)29)22-19(15-25-11-5-3-4-6-12-25)26-14-17(23)8-10-21(26)24-22/h7-10,13-14H,2-6,11-12,15,23H2,1H3. The maximum Gasteiger partial charge on any atom is 0.311 e. The summed E-state index contributed by atoms with van der Waals surface area (Å²) < 4.78 is 7.45. The molecule has 0 aliphatic carbocycles. The highest BCUT2D eigenvalue weighted by Crippen LogP contribution is 2.34. The average molecular weight is 409 g/mol. The van der Waals surface area contributed by atoms with Crippen LogP contribution in [-0.2, 0) is 6.54 Å². The maximum atomic E-state index is 11.6. The number of fused-ring (bicyclic) bond motifs is 1. The van der Waals surface area contributed by atoms with Crippen LogP contribution in [0.3, 0.4) is 0 Å². The zero-order chi connectivity index (χ0) is 21.1. The van der Waals surface area contributed by atoms with Gasteiger partial charge in [0.1, 0.15) is 5.65 Å². The van der Waals surface area contributed by atoms with E-state index in [1.54, 1.807) is 12.1 Å². The Morgan fingerprint density at radius 2 is 1.93 bits per heavy atom. The van der Waals surface area contributed by atoms with Gasteiger partial charge in [-0.2, -0.15) is 0 Å². The first kappa shape index (κ1) is 20.2. The van der Waals surface area contributed by atoms with Crippen LogP contribution in [0.1, 0.15) is 38.3 Å². The van der Waals surface area contributed by atoms with Gasteiger partial charge >= 0.3 is 5.69 Å². The molecule has 30 heavy (non-hydrogen) atoms. The summed E-state index contributed by atoms with van der Waals surface area (Å²) in [6.45, 7) is 4.98. The van der Waals surface area contributed by atoms with E-state index in [0.29, 0.717) is 17.9 Å². The molecule has 0 amide bonds. The van der Waals surface area contributed by atoms with Crippen molar-refractivity contribution in [1.82, 2.24) is 14.3 Å². The first-order chi connectivity index (χ1) is 14.6. The number of ether oxygens (including phenoxy) is 1. The van der Waals surface area contributed by atoms with Crippen LogP contribution in [0.4, 0.5) is 11.4 Å². The van der Waals surface area contributed by atoms with Crippen LogP contribution in [0.5, 0.6) is 5.75 Å². The quantitative estimate of drug-likeness (QED) is 0.482. The third-order valence-electron chi connectivity index (χ3n) is 5.54. The van der Waals surface area contributed by atoms with E-state index in [9.17, 15) is 10.1 Å². The second kappa shape index (κ2) is 8.71. The number of nitro benzene ring substituents is 1. The Morgan fingerprint density at radius 3 is 2.63 bits per heavy atom. The number of hydrogen-bond donors (Lipinski definition) is 1. The van der Waals surface area contributed by atoms with E-state index in [-0.39, 0.29) is 11.4 Å². The van der Waals surface area contributed by atoms with Gasteiger partial charge in [-0.1, -0.05) is 12.8 Å². The fourth-order valence-corrected chi connectivity index (χ4v) is 4.08. The molecular weight excluding hydrogens is 382 g/mol. The van der Waals surface area contributed by atoms with Crippen molar-refractivity contribution in [2.24, 2.45) is 0 Å². The number of pyridine rings is 1. The molecule has 1 aromatic carbocycles. The molecule has 2 aromatic heterocycles. The molecule has 8 heteroatoms. The zero-order valence-electron chi connectivity index (χ0n) is 17.2. The van der Waals surface area contributed by atoms with E-state index >= 15 is 0 Å².